The van der Waals surface area contributed by atoms with Crippen molar-refractivity contribution in [1.29, 1.82) is 0 Å². The number of hydrogen-bond donors (Lipinski definition) is 17. The lowest BCUT2D eigenvalue weighted by Gasteiger charge is -2.42. The van der Waals surface area contributed by atoms with Crippen molar-refractivity contribution >= 4 is 59.9 Å². The maximum absolute atomic E-state index is 13.4. The monoisotopic (exact) mass is 1560 g/mol. The van der Waals surface area contributed by atoms with E-state index in [1.807, 2.05) is 0 Å². The molecule has 0 aromatic carbocycles. The minimum absolute atomic E-state index is 0.0427. The van der Waals surface area contributed by atoms with E-state index in [1.54, 1.807) is 30.6 Å². The molecule has 3 aliphatic rings. The maximum Gasteiger partial charge on any atom is 0.325 e. The van der Waals surface area contributed by atoms with E-state index in [0.717, 1.165) is 12.8 Å². The number of aliphatic hydroxyl groups excluding tert-OH is 9. The van der Waals surface area contributed by atoms with Gasteiger partial charge < -0.3 is 154 Å². The number of rotatable bonds is 57. The number of unbranched alkanes of at least 4 members (excludes halogenated alkanes) is 3. The third-order valence-corrected chi connectivity index (χ3v) is 17.4. The average molecular weight is 1560 g/mol. The summed E-state index contributed by atoms with van der Waals surface area (Å²) in [5.74, 6) is -3.20. The number of ether oxygens (including phenoxy) is 12. The Morgan fingerprint density at radius 1 is 0.400 bits per heavy atom. The highest BCUT2D eigenvalue weighted by atomic mass is 32.5. The fourth-order valence-corrected chi connectivity index (χ4v) is 12.6. The fraction of sp³-hybridized carbons (Fsp3) is 0.889. The molecule has 3 saturated heterocycles. The molecule has 42 heteroatoms. The summed E-state index contributed by atoms with van der Waals surface area (Å²) in [5, 5.41) is 110. The van der Waals surface area contributed by atoms with Crippen LogP contribution in [-0.2, 0) is 111 Å². The van der Waals surface area contributed by atoms with Crippen LogP contribution in [0.2, 0.25) is 0 Å². The molecular weight excluding hydrogens is 1440 g/mol. The molecule has 0 radical (unpaired) electrons. The van der Waals surface area contributed by atoms with Gasteiger partial charge >= 0.3 is 6.72 Å². The van der Waals surface area contributed by atoms with E-state index in [1.165, 1.54) is 20.8 Å². The van der Waals surface area contributed by atoms with Crippen LogP contribution in [0, 0.1) is 0 Å². The van der Waals surface area contributed by atoms with Gasteiger partial charge in [0, 0.05) is 60.0 Å². The van der Waals surface area contributed by atoms with E-state index >= 15 is 0 Å². The van der Waals surface area contributed by atoms with E-state index < -0.39 is 160 Å². The van der Waals surface area contributed by atoms with Gasteiger partial charge in [0.2, 0.25) is 41.4 Å². The first-order valence-electron chi connectivity index (χ1n) is 35.2. The molecule has 7 amide bonds. The Hall–Kier alpha value is -4.10. The molecule has 3 aliphatic heterocycles. The van der Waals surface area contributed by atoms with Gasteiger partial charge in [-0.05, 0) is 51.8 Å². The Kier molecular flexibility index (Phi) is 48.6. The molecular formula is C63H118N9O31PS. The molecule has 105 heavy (non-hydrogen) atoms. The first-order chi connectivity index (χ1) is 50.0. The van der Waals surface area contributed by atoms with Crippen molar-refractivity contribution in [1.82, 2.24) is 47.0 Å². The molecule has 0 bridgehead atoms. The first-order valence-corrected chi connectivity index (χ1v) is 37.8. The lowest BCUT2D eigenvalue weighted by atomic mass is 9.97. The molecule has 3 rings (SSSR count). The standard InChI is InChI=1S/C63H118N9O31PS/c1-41(76)68-51-57(86)54(83)44(38-73)100-60(51)96-31-28-93-25-22-90-19-13-65-48(80)35-71(34-47(79)64-12-9-7-8-10-18-99-104(89,105)103-63(4,5)6)16-11-17-72(36-49(81)66-14-20-91-23-26-94-29-32-97-61-52(69-42(2)77)58(87)55(84)45(39-74)101-61)37-50(82)67-15-21-92-24-27-95-30-33-98-62-53(70-43(3)78)59(88)56(85)46(40-75)102-62/h44-46,51-62,73-75,83-88H,7-40H2,1-6H3,(H,64,79)(H,65,80)(H,66,81)(H,67,82)(H,68,76)(H,69,77)(H,70,78)(H,89,105). The summed E-state index contributed by atoms with van der Waals surface area (Å²) in [7, 11) is 0. The van der Waals surface area contributed by atoms with Gasteiger partial charge in [0.25, 0.3) is 0 Å². The summed E-state index contributed by atoms with van der Waals surface area (Å²) in [6, 6.07) is -3.34. The zero-order chi connectivity index (χ0) is 77.7. The second-order valence-electron chi connectivity index (χ2n) is 25.7. The molecule has 17 N–H and O–H groups in total. The molecule has 40 nitrogen and oxygen atoms in total. The maximum atomic E-state index is 13.4. The van der Waals surface area contributed by atoms with Crippen molar-refractivity contribution in [3.63, 3.8) is 0 Å². The minimum Gasteiger partial charge on any atom is -0.394 e. The predicted molar refractivity (Wildman–Crippen MR) is 370 cm³/mol. The van der Waals surface area contributed by atoms with Crippen LogP contribution in [0.5, 0.6) is 0 Å². The lowest BCUT2D eigenvalue weighted by molar-refractivity contribution is -0.272. The smallest absolute Gasteiger partial charge is 0.325 e. The molecule has 0 aromatic heterocycles. The van der Waals surface area contributed by atoms with Gasteiger partial charge in [-0.15, -0.1) is 0 Å². The van der Waals surface area contributed by atoms with Crippen LogP contribution in [0.15, 0.2) is 0 Å². The van der Waals surface area contributed by atoms with Gasteiger partial charge in [-0.25, -0.2) is 0 Å². The van der Waals surface area contributed by atoms with Crippen molar-refractivity contribution < 1.29 is 150 Å². The van der Waals surface area contributed by atoms with Crippen LogP contribution >= 0.6 is 6.72 Å². The van der Waals surface area contributed by atoms with Crippen molar-refractivity contribution in [2.75, 3.05) is 191 Å². The Balaban J connectivity index is 1.56. The predicted octanol–water partition coefficient (Wildman–Crippen LogP) is -7.97. The van der Waals surface area contributed by atoms with Gasteiger partial charge in [-0.1, -0.05) is 12.8 Å². The van der Waals surface area contributed by atoms with Crippen LogP contribution in [0.25, 0.3) is 0 Å². The molecule has 16 unspecified atom stereocenters. The summed E-state index contributed by atoms with van der Waals surface area (Å²) < 4.78 is 78.0. The lowest BCUT2D eigenvalue weighted by Crippen LogP contribution is -2.64. The Bertz CT molecular complexity index is 2430. The van der Waals surface area contributed by atoms with Crippen LogP contribution < -0.4 is 37.2 Å². The number of nitrogens with one attached hydrogen (secondary N) is 7. The van der Waals surface area contributed by atoms with Gasteiger partial charge in [-0.2, -0.15) is 0 Å². The van der Waals surface area contributed by atoms with Crippen molar-refractivity contribution in [2.24, 2.45) is 0 Å². The van der Waals surface area contributed by atoms with Crippen LogP contribution in [0.4, 0.5) is 0 Å². The zero-order valence-electron chi connectivity index (χ0n) is 61.0. The quantitative estimate of drug-likeness (QED) is 0.0199. The van der Waals surface area contributed by atoms with Crippen molar-refractivity contribution in [3.8, 4) is 0 Å². The van der Waals surface area contributed by atoms with Gasteiger partial charge in [-0.3, -0.25) is 43.4 Å². The topological polar surface area (TPSA) is 542 Å². The van der Waals surface area contributed by atoms with Gasteiger partial charge in [0.05, 0.1) is 157 Å². The second-order valence-corrected chi connectivity index (χ2v) is 28.4. The third kappa shape index (κ3) is 41.0. The summed E-state index contributed by atoms with van der Waals surface area (Å²) in [4.78, 5) is 102. The van der Waals surface area contributed by atoms with E-state index in [-0.39, 0.29) is 177 Å². The number of hydrogen-bond acceptors (Lipinski definition) is 33. The summed E-state index contributed by atoms with van der Waals surface area (Å²) in [6.45, 7) is 4.90. The van der Waals surface area contributed by atoms with Gasteiger partial charge in [0.1, 0.15) is 73.1 Å². The average Bonchev–Trinajstić information content (AvgIpc) is 0.822. The fourth-order valence-electron chi connectivity index (χ4n) is 10.6. The number of carbonyl (C=O) groups is 7. The van der Waals surface area contributed by atoms with E-state index in [0.29, 0.717) is 19.4 Å². The molecule has 16 atom stereocenters. The van der Waals surface area contributed by atoms with Gasteiger partial charge in [0.15, 0.2) is 18.9 Å². The van der Waals surface area contributed by atoms with Crippen LogP contribution in [0.3, 0.4) is 0 Å². The minimum atomic E-state index is -3.40. The largest absolute Gasteiger partial charge is 0.394 e. The summed E-state index contributed by atoms with van der Waals surface area (Å²) in [6.07, 6.45) is -12.9. The summed E-state index contributed by atoms with van der Waals surface area (Å²) in [5.41, 5.74) is -0.677. The highest BCUT2D eigenvalue weighted by molar-refractivity contribution is 8.07. The molecule has 3 heterocycles. The third-order valence-electron chi connectivity index (χ3n) is 15.6. The Morgan fingerprint density at radius 3 is 0.981 bits per heavy atom. The Labute approximate surface area is 617 Å². The van der Waals surface area contributed by atoms with Crippen LogP contribution in [0.1, 0.15) is 73.6 Å². The van der Waals surface area contributed by atoms with Crippen molar-refractivity contribution in [2.45, 2.75) is 171 Å². The van der Waals surface area contributed by atoms with E-state index in [4.69, 9.17) is 77.7 Å². The van der Waals surface area contributed by atoms with E-state index in [2.05, 4.69) is 37.2 Å². The number of aliphatic hydroxyl groups is 9. The normalized spacial score (nSPS) is 25.5. The first kappa shape index (κ1) is 95.1. The molecule has 0 spiro atoms. The number of carbonyl (C=O) groups excluding carboxylic acids is 7. The molecule has 0 saturated carbocycles. The summed E-state index contributed by atoms with van der Waals surface area (Å²) >= 11 is 5.10. The van der Waals surface area contributed by atoms with E-state index in [9.17, 15) is 84.4 Å². The Morgan fingerprint density at radius 2 is 0.686 bits per heavy atom. The SMILES string of the molecule is CC(=O)NC1C(OCCOCCOCCNC(=O)CN(CCCN(CC(=O)NCCOCCOCCOC2OC(CO)C(O)C(O)C2NC(C)=O)CC(=O)NCCOCCOCCOC2OC(CO)C(O)C(O)C2NC(C)=O)CC(=O)NCCCCCCOP(O)(=S)OC(C)(C)C)OC(CO)C(O)C1O. The highest BCUT2D eigenvalue weighted by Crippen LogP contribution is 2.47. The second kappa shape index (κ2) is 53.7. The highest BCUT2D eigenvalue weighted by Gasteiger charge is 2.48. The van der Waals surface area contributed by atoms with Crippen molar-refractivity contribution in [3.05, 3.63) is 0 Å². The molecule has 3 fully saturated rings. The number of nitrogens with zero attached hydrogens (tertiary/aromatic N) is 2. The number of amides is 7. The molecule has 612 valence electrons. The molecule has 0 aliphatic carbocycles. The molecule has 0 aromatic rings. The van der Waals surface area contributed by atoms with Crippen LogP contribution in [-0.4, -0.2) is 391 Å². The zero-order valence-corrected chi connectivity index (χ0v) is 62.7.